The highest BCUT2D eigenvalue weighted by atomic mass is 16.2. The smallest absolute Gasteiger partial charge is 0.299 e. The molecule has 5 nitrogen and oxygen atoms in total. The molecule has 1 atom stereocenters. The number of hydrogen-bond acceptors (Lipinski definition) is 3. The zero-order chi connectivity index (χ0) is 16.0. The van der Waals surface area contributed by atoms with Crippen molar-refractivity contribution in [2.45, 2.75) is 33.2 Å². The lowest BCUT2D eigenvalue weighted by Crippen LogP contribution is -2.40. The van der Waals surface area contributed by atoms with E-state index in [9.17, 15) is 9.59 Å². The first-order chi connectivity index (χ1) is 10.4. The van der Waals surface area contributed by atoms with E-state index in [1.54, 1.807) is 23.6 Å². The molecule has 22 heavy (non-hydrogen) atoms. The number of aromatic nitrogens is 2. The molecule has 0 radical (unpaired) electrons. The van der Waals surface area contributed by atoms with E-state index in [-0.39, 0.29) is 6.04 Å². The van der Waals surface area contributed by atoms with Crippen molar-refractivity contribution in [2.24, 2.45) is 7.05 Å². The number of fused-ring (bicyclic) bond motifs is 1. The molecule has 0 spiro atoms. The summed E-state index contributed by atoms with van der Waals surface area (Å²) >= 11 is 0. The van der Waals surface area contributed by atoms with Crippen LogP contribution >= 0.6 is 0 Å². The number of aryl methyl sites for hydroxylation is 2. The molecule has 2 aromatic rings. The van der Waals surface area contributed by atoms with Gasteiger partial charge in [0.15, 0.2) is 0 Å². The number of hydrogen-bond donors (Lipinski definition) is 0. The molecule has 1 amide bonds. The number of carbonyl (C=O) groups is 2. The lowest BCUT2D eigenvalue weighted by Gasteiger charge is -2.21. The van der Waals surface area contributed by atoms with E-state index < -0.39 is 11.7 Å². The fourth-order valence-corrected chi connectivity index (χ4v) is 3.19. The Hall–Kier alpha value is -2.43. The van der Waals surface area contributed by atoms with Crippen molar-refractivity contribution in [3.05, 3.63) is 46.8 Å². The van der Waals surface area contributed by atoms with E-state index in [0.717, 1.165) is 23.4 Å². The van der Waals surface area contributed by atoms with Crippen LogP contribution in [0.15, 0.2) is 24.3 Å². The molecule has 0 aliphatic carbocycles. The van der Waals surface area contributed by atoms with Gasteiger partial charge in [-0.2, -0.15) is 5.10 Å². The van der Waals surface area contributed by atoms with Gasteiger partial charge in [-0.05, 0) is 38.8 Å². The van der Waals surface area contributed by atoms with E-state index in [0.29, 0.717) is 11.3 Å². The second-order valence-corrected chi connectivity index (χ2v) is 5.86. The summed E-state index contributed by atoms with van der Waals surface area (Å²) in [5, 5.41) is 4.23. The van der Waals surface area contributed by atoms with E-state index in [2.05, 4.69) is 5.10 Å². The van der Waals surface area contributed by atoms with Gasteiger partial charge < -0.3 is 4.90 Å². The predicted octanol–water partition coefficient (Wildman–Crippen LogP) is 2.20. The SMILES string of the molecule is Cc1nn(C)c(C)c1C(=O)C(=O)N1c2ccccc2C[C@@H]1C. The van der Waals surface area contributed by atoms with Gasteiger partial charge in [-0.15, -0.1) is 0 Å². The third-order valence-electron chi connectivity index (χ3n) is 4.36. The highest BCUT2D eigenvalue weighted by Gasteiger charge is 2.36. The van der Waals surface area contributed by atoms with Crippen LogP contribution in [0.3, 0.4) is 0 Å². The summed E-state index contributed by atoms with van der Waals surface area (Å²) in [5.41, 5.74) is 3.68. The second kappa shape index (κ2) is 5.09. The number of nitrogens with zero attached hydrogens (tertiary/aromatic N) is 3. The van der Waals surface area contributed by atoms with Crippen molar-refractivity contribution in [3.63, 3.8) is 0 Å². The van der Waals surface area contributed by atoms with Crippen LogP contribution in [0, 0.1) is 13.8 Å². The molecule has 0 bridgehead atoms. The minimum absolute atomic E-state index is 0.00821. The molecule has 1 aliphatic rings. The highest BCUT2D eigenvalue weighted by Crippen LogP contribution is 2.32. The molecule has 3 rings (SSSR count). The standard InChI is InChI=1S/C17H19N3O2/c1-10-9-13-7-5-6-8-14(13)20(10)17(22)16(21)15-11(2)18-19(4)12(15)3/h5-8,10H,9H2,1-4H3/t10-/m0/s1. The van der Waals surface area contributed by atoms with Crippen LogP contribution in [0.2, 0.25) is 0 Å². The largest absolute Gasteiger partial charge is 0.302 e. The zero-order valence-electron chi connectivity index (χ0n) is 13.3. The predicted molar refractivity (Wildman–Crippen MR) is 84.1 cm³/mol. The summed E-state index contributed by atoms with van der Waals surface area (Å²) in [6.07, 6.45) is 0.778. The van der Waals surface area contributed by atoms with Gasteiger partial charge >= 0.3 is 0 Å². The molecule has 0 saturated heterocycles. The molecule has 1 aromatic carbocycles. The van der Waals surface area contributed by atoms with Gasteiger partial charge in [0.2, 0.25) is 0 Å². The van der Waals surface area contributed by atoms with Crippen LogP contribution in [0.5, 0.6) is 0 Å². The Balaban J connectivity index is 1.99. The Morgan fingerprint density at radius 3 is 2.55 bits per heavy atom. The number of anilines is 1. The number of ketones is 1. The minimum atomic E-state index is -0.480. The van der Waals surface area contributed by atoms with E-state index in [4.69, 9.17) is 0 Å². The zero-order valence-corrected chi connectivity index (χ0v) is 13.3. The summed E-state index contributed by atoms with van der Waals surface area (Å²) in [6.45, 7) is 5.53. The monoisotopic (exact) mass is 297 g/mol. The van der Waals surface area contributed by atoms with Crippen molar-refractivity contribution in [1.82, 2.24) is 9.78 Å². The van der Waals surface area contributed by atoms with Crippen LogP contribution in [0.25, 0.3) is 0 Å². The number of carbonyl (C=O) groups excluding carboxylic acids is 2. The van der Waals surface area contributed by atoms with E-state index in [1.807, 2.05) is 38.1 Å². The molecule has 0 fully saturated rings. The van der Waals surface area contributed by atoms with Gasteiger partial charge in [-0.1, -0.05) is 18.2 Å². The Kier molecular flexibility index (Phi) is 3.35. The molecule has 0 unspecified atom stereocenters. The average molecular weight is 297 g/mol. The number of benzene rings is 1. The summed E-state index contributed by atoms with van der Waals surface area (Å²) in [4.78, 5) is 27.1. The third kappa shape index (κ3) is 2.04. The highest BCUT2D eigenvalue weighted by molar-refractivity contribution is 6.47. The van der Waals surface area contributed by atoms with Gasteiger partial charge in [-0.3, -0.25) is 14.3 Å². The van der Waals surface area contributed by atoms with Crippen LogP contribution in [-0.4, -0.2) is 27.5 Å². The lowest BCUT2D eigenvalue weighted by molar-refractivity contribution is -0.115. The van der Waals surface area contributed by atoms with E-state index >= 15 is 0 Å². The van der Waals surface area contributed by atoms with Gasteiger partial charge in [0, 0.05) is 24.5 Å². The quantitative estimate of drug-likeness (QED) is 0.631. The topological polar surface area (TPSA) is 55.2 Å². The summed E-state index contributed by atoms with van der Waals surface area (Å²) in [5.74, 6) is -0.955. The molecule has 0 N–H and O–H groups in total. The van der Waals surface area contributed by atoms with Gasteiger partial charge in [0.1, 0.15) is 0 Å². The van der Waals surface area contributed by atoms with Crippen molar-refractivity contribution in [1.29, 1.82) is 0 Å². The fraction of sp³-hybridized carbons (Fsp3) is 0.353. The maximum absolute atomic E-state index is 12.8. The number of amides is 1. The van der Waals surface area contributed by atoms with Crippen LogP contribution in [0.4, 0.5) is 5.69 Å². The Morgan fingerprint density at radius 2 is 1.91 bits per heavy atom. The van der Waals surface area contributed by atoms with Crippen molar-refractivity contribution in [2.75, 3.05) is 4.90 Å². The summed E-state index contributed by atoms with van der Waals surface area (Å²) in [7, 11) is 1.78. The Bertz CT molecular complexity index is 776. The lowest BCUT2D eigenvalue weighted by atomic mass is 10.1. The number of Topliss-reactive ketones (excluding diaryl/α,β-unsaturated/α-hetero) is 1. The average Bonchev–Trinajstić information content (AvgIpc) is 2.93. The first-order valence-corrected chi connectivity index (χ1v) is 7.37. The maximum atomic E-state index is 12.8. The normalized spacial score (nSPS) is 16.7. The molecule has 114 valence electrons. The van der Waals surface area contributed by atoms with Gasteiger partial charge in [-0.25, -0.2) is 0 Å². The Labute approximate surface area is 129 Å². The number of rotatable bonds is 2. The minimum Gasteiger partial charge on any atom is -0.302 e. The second-order valence-electron chi connectivity index (χ2n) is 5.86. The number of para-hydroxylation sites is 1. The first kappa shape index (κ1) is 14.5. The molecule has 5 heteroatoms. The molecule has 0 saturated carbocycles. The van der Waals surface area contributed by atoms with Crippen molar-refractivity contribution >= 4 is 17.4 Å². The molecule has 1 aromatic heterocycles. The van der Waals surface area contributed by atoms with Gasteiger partial charge in [0.05, 0.1) is 11.3 Å². The van der Waals surface area contributed by atoms with Crippen LogP contribution in [-0.2, 0) is 18.3 Å². The molecular weight excluding hydrogens is 278 g/mol. The fourth-order valence-electron chi connectivity index (χ4n) is 3.19. The molecular formula is C17H19N3O2. The molecule has 1 aliphatic heterocycles. The van der Waals surface area contributed by atoms with Gasteiger partial charge in [0.25, 0.3) is 11.7 Å². The van der Waals surface area contributed by atoms with Crippen LogP contribution < -0.4 is 4.90 Å². The van der Waals surface area contributed by atoms with E-state index in [1.165, 1.54) is 0 Å². The summed E-state index contributed by atoms with van der Waals surface area (Å²) in [6, 6.07) is 7.74. The third-order valence-corrected chi connectivity index (χ3v) is 4.36. The molecule has 2 heterocycles. The van der Waals surface area contributed by atoms with Crippen molar-refractivity contribution < 1.29 is 9.59 Å². The Morgan fingerprint density at radius 1 is 1.23 bits per heavy atom. The van der Waals surface area contributed by atoms with Crippen LogP contribution in [0.1, 0.15) is 34.2 Å². The first-order valence-electron chi connectivity index (χ1n) is 7.37. The maximum Gasteiger partial charge on any atom is 0.299 e. The van der Waals surface area contributed by atoms with Crippen molar-refractivity contribution in [3.8, 4) is 0 Å². The summed E-state index contributed by atoms with van der Waals surface area (Å²) < 4.78 is 1.64.